The van der Waals surface area contributed by atoms with Crippen LogP contribution in [0.2, 0.25) is 0 Å². The van der Waals surface area contributed by atoms with Crippen molar-refractivity contribution in [1.82, 2.24) is 9.38 Å². The maximum atomic E-state index is 11.5. The van der Waals surface area contributed by atoms with E-state index in [-0.39, 0.29) is 5.69 Å². The zero-order valence-corrected chi connectivity index (χ0v) is 11.0. The van der Waals surface area contributed by atoms with Gasteiger partial charge in [0.2, 0.25) is 0 Å². The minimum atomic E-state index is -1.09. The first-order valence-electron chi connectivity index (χ1n) is 6.45. The summed E-state index contributed by atoms with van der Waals surface area (Å²) in [5.74, 6) is -0.509. The topological polar surface area (TPSA) is 80.9 Å². The molecule has 2 aromatic heterocycles. The standard InChI is InChI=1S/C14H14N2O4/c1-20-14(19)9-5-6-16-10(7-9)11(13(17)18)15-12(16)8-3-2-4-8/h5-8H,2-4H2,1H3,(H,17,18). The molecule has 1 aliphatic rings. The van der Waals surface area contributed by atoms with Crippen molar-refractivity contribution in [3.05, 3.63) is 35.4 Å². The number of ether oxygens (including phenoxy) is 1. The van der Waals surface area contributed by atoms with Crippen molar-refractivity contribution in [2.75, 3.05) is 7.11 Å². The van der Waals surface area contributed by atoms with Gasteiger partial charge in [0.1, 0.15) is 5.82 Å². The van der Waals surface area contributed by atoms with E-state index in [1.165, 1.54) is 13.2 Å². The number of rotatable bonds is 3. The van der Waals surface area contributed by atoms with Crippen molar-refractivity contribution in [3.8, 4) is 0 Å². The van der Waals surface area contributed by atoms with E-state index in [2.05, 4.69) is 9.72 Å². The Balaban J connectivity index is 2.19. The largest absolute Gasteiger partial charge is 0.476 e. The Morgan fingerprint density at radius 1 is 1.45 bits per heavy atom. The Bertz CT molecular complexity index is 701. The molecule has 0 unspecified atom stereocenters. The molecule has 1 aliphatic carbocycles. The number of aromatic nitrogens is 2. The lowest BCUT2D eigenvalue weighted by Gasteiger charge is -2.23. The molecule has 20 heavy (non-hydrogen) atoms. The summed E-state index contributed by atoms with van der Waals surface area (Å²) in [6.07, 6.45) is 4.88. The molecule has 0 aliphatic heterocycles. The molecule has 3 rings (SSSR count). The summed E-state index contributed by atoms with van der Waals surface area (Å²) in [5.41, 5.74) is 0.738. The number of carbonyl (C=O) groups is 2. The predicted molar refractivity (Wildman–Crippen MR) is 70.1 cm³/mol. The quantitative estimate of drug-likeness (QED) is 0.867. The van der Waals surface area contributed by atoms with Gasteiger partial charge in [-0.05, 0) is 25.0 Å². The zero-order chi connectivity index (χ0) is 14.3. The number of methoxy groups -OCH3 is 1. The normalized spacial score (nSPS) is 15.1. The second-order valence-corrected chi connectivity index (χ2v) is 4.91. The molecule has 6 heteroatoms. The number of imidazole rings is 1. The molecule has 0 amide bonds. The van der Waals surface area contributed by atoms with Crippen LogP contribution >= 0.6 is 0 Å². The van der Waals surface area contributed by atoms with Gasteiger partial charge in [0.15, 0.2) is 5.69 Å². The summed E-state index contributed by atoms with van der Waals surface area (Å²) in [4.78, 5) is 27.1. The fourth-order valence-electron chi connectivity index (χ4n) is 2.46. The van der Waals surface area contributed by atoms with Crippen LogP contribution in [0.5, 0.6) is 0 Å². The van der Waals surface area contributed by atoms with Crippen LogP contribution in [0.4, 0.5) is 0 Å². The van der Waals surface area contributed by atoms with Crippen molar-refractivity contribution < 1.29 is 19.4 Å². The van der Waals surface area contributed by atoms with Crippen LogP contribution in [0, 0.1) is 0 Å². The number of aromatic carboxylic acids is 1. The number of nitrogens with zero attached hydrogens (tertiary/aromatic N) is 2. The Kier molecular flexibility index (Phi) is 2.93. The third-order valence-electron chi connectivity index (χ3n) is 3.76. The van der Waals surface area contributed by atoms with Crippen molar-refractivity contribution >= 4 is 17.5 Å². The fraction of sp³-hybridized carbons (Fsp3) is 0.357. The molecule has 0 saturated heterocycles. The molecule has 2 heterocycles. The van der Waals surface area contributed by atoms with Crippen LogP contribution < -0.4 is 0 Å². The lowest BCUT2D eigenvalue weighted by atomic mass is 9.85. The summed E-state index contributed by atoms with van der Waals surface area (Å²) in [5, 5.41) is 9.26. The highest BCUT2D eigenvalue weighted by Gasteiger charge is 2.27. The lowest BCUT2D eigenvalue weighted by Crippen LogP contribution is -2.12. The number of esters is 1. The number of hydrogen-bond acceptors (Lipinski definition) is 4. The van der Waals surface area contributed by atoms with Gasteiger partial charge in [0, 0.05) is 12.1 Å². The smallest absolute Gasteiger partial charge is 0.356 e. The van der Waals surface area contributed by atoms with E-state index in [1.807, 2.05) is 0 Å². The van der Waals surface area contributed by atoms with Gasteiger partial charge < -0.3 is 14.2 Å². The molecule has 0 bridgehead atoms. The molecule has 1 fully saturated rings. The number of carbonyl (C=O) groups excluding carboxylic acids is 1. The van der Waals surface area contributed by atoms with Gasteiger partial charge in [0.25, 0.3) is 0 Å². The summed E-state index contributed by atoms with van der Waals surface area (Å²) in [6.45, 7) is 0. The van der Waals surface area contributed by atoms with Gasteiger partial charge in [0.05, 0.1) is 18.2 Å². The van der Waals surface area contributed by atoms with E-state index in [4.69, 9.17) is 0 Å². The minimum absolute atomic E-state index is 0.0161. The summed E-state index contributed by atoms with van der Waals surface area (Å²) in [6, 6.07) is 3.14. The number of fused-ring (bicyclic) bond motifs is 1. The Morgan fingerprint density at radius 2 is 2.20 bits per heavy atom. The molecule has 0 spiro atoms. The van der Waals surface area contributed by atoms with Crippen LogP contribution in [-0.4, -0.2) is 33.5 Å². The van der Waals surface area contributed by atoms with Crippen LogP contribution in [0.3, 0.4) is 0 Å². The first kappa shape index (κ1) is 12.7. The second-order valence-electron chi connectivity index (χ2n) is 4.91. The van der Waals surface area contributed by atoms with E-state index in [1.54, 1.807) is 16.7 Å². The van der Waals surface area contributed by atoms with Gasteiger partial charge in [-0.25, -0.2) is 14.6 Å². The number of hydrogen-bond donors (Lipinski definition) is 1. The first-order valence-corrected chi connectivity index (χ1v) is 6.45. The summed E-state index contributed by atoms with van der Waals surface area (Å²) >= 11 is 0. The highest BCUT2D eigenvalue weighted by atomic mass is 16.5. The van der Waals surface area contributed by atoms with Gasteiger partial charge >= 0.3 is 11.9 Å². The predicted octanol–water partition coefficient (Wildman–Crippen LogP) is 2.09. The molecule has 0 radical (unpaired) electrons. The molecule has 2 aromatic rings. The van der Waals surface area contributed by atoms with Crippen LogP contribution in [-0.2, 0) is 4.74 Å². The molecule has 104 valence electrons. The highest BCUT2D eigenvalue weighted by molar-refractivity contribution is 5.97. The van der Waals surface area contributed by atoms with E-state index in [9.17, 15) is 14.7 Å². The lowest BCUT2D eigenvalue weighted by molar-refractivity contribution is 0.0599. The third kappa shape index (κ3) is 1.84. The first-order chi connectivity index (χ1) is 9.61. The Morgan fingerprint density at radius 3 is 2.75 bits per heavy atom. The van der Waals surface area contributed by atoms with Crippen molar-refractivity contribution in [2.24, 2.45) is 0 Å². The second kappa shape index (κ2) is 4.63. The average molecular weight is 274 g/mol. The van der Waals surface area contributed by atoms with Crippen molar-refractivity contribution in [1.29, 1.82) is 0 Å². The molecular weight excluding hydrogens is 260 g/mol. The van der Waals surface area contributed by atoms with Crippen LogP contribution in [0.1, 0.15) is 51.9 Å². The van der Waals surface area contributed by atoms with Crippen molar-refractivity contribution in [2.45, 2.75) is 25.2 Å². The van der Waals surface area contributed by atoms with Gasteiger partial charge in [-0.3, -0.25) is 0 Å². The van der Waals surface area contributed by atoms with Gasteiger partial charge in [-0.1, -0.05) is 6.42 Å². The molecule has 6 nitrogen and oxygen atoms in total. The van der Waals surface area contributed by atoms with E-state index in [0.29, 0.717) is 17.0 Å². The fourth-order valence-corrected chi connectivity index (χ4v) is 2.46. The summed E-state index contributed by atoms with van der Waals surface area (Å²) < 4.78 is 6.42. The van der Waals surface area contributed by atoms with E-state index < -0.39 is 11.9 Å². The van der Waals surface area contributed by atoms with E-state index in [0.717, 1.165) is 25.1 Å². The Hall–Kier alpha value is -2.37. The molecular formula is C14H14N2O4. The van der Waals surface area contributed by atoms with Crippen molar-refractivity contribution in [3.63, 3.8) is 0 Å². The monoisotopic (exact) mass is 274 g/mol. The third-order valence-corrected chi connectivity index (χ3v) is 3.76. The summed E-state index contributed by atoms with van der Waals surface area (Å²) in [7, 11) is 1.29. The van der Waals surface area contributed by atoms with Crippen LogP contribution in [0.15, 0.2) is 18.3 Å². The van der Waals surface area contributed by atoms with Crippen LogP contribution in [0.25, 0.3) is 5.52 Å². The Labute approximate surface area is 115 Å². The SMILES string of the molecule is COC(=O)c1ccn2c(C3CCC3)nc(C(=O)O)c2c1. The molecule has 1 N–H and O–H groups in total. The average Bonchev–Trinajstić information content (AvgIpc) is 2.75. The molecule has 0 aromatic carbocycles. The maximum absolute atomic E-state index is 11.5. The maximum Gasteiger partial charge on any atom is 0.356 e. The van der Waals surface area contributed by atoms with E-state index >= 15 is 0 Å². The number of carboxylic acid groups (broad SMARTS) is 1. The minimum Gasteiger partial charge on any atom is -0.476 e. The number of carboxylic acids is 1. The highest BCUT2D eigenvalue weighted by Crippen LogP contribution is 2.36. The number of pyridine rings is 1. The molecule has 0 atom stereocenters. The van der Waals surface area contributed by atoms with Gasteiger partial charge in [-0.15, -0.1) is 0 Å². The zero-order valence-electron chi connectivity index (χ0n) is 11.0. The van der Waals surface area contributed by atoms with Gasteiger partial charge in [-0.2, -0.15) is 0 Å². The molecule has 1 saturated carbocycles.